The fraction of sp³-hybridized carbons (Fsp3) is 0.267. The van der Waals surface area contributed by atoms with Gasteiger partial charge in [0.05, 0.1) is 5.56 Å². The second-order valence-electron chi connectivity index (χ2n) is 5.13. The minimum Gasteiger partial charge on any atom is -0.216 e. The molecular formula is C15H13F3N4S. The van der Waals surface area contributed by atoms with Gasteiger partial charge in [0.15, 0.2) is 0 Å². The topological polar surface area (TPSA) is 43.1 Å². The first-order chi connectivity index (χ1) is 10.8. The smallest absolute Gasteiger partial charge is 0.216 e. The van der Waals surface area contributed by atoms with Gasteiger partial charge in [-0.05, 0) is 37.6 Å². The van der Waals surface area contributed by atoms with E-state index in [1.807, 2.05) is 19.9 Å². The molecule has 0 fully saturated rings. The summed E-state index contributed by atoms with van der Waals surface area (Å²) in [4.78, 5) is 8.63. The van der Waals surface area contributed by atoms with Crippen LogP contribution in [0.1, 0.15) is 22.5 Å². The van der Waals surface area contributed by atoms with Crippen molar-refractivity contribution >= 4 is 17.5 Å². The summed E-state index contributed by atoms with van der Waals surface area (Å²) in [6, 6.07) is 7.02. The van der Waals surface area contributed by atoms with E-state index in [2.05, 4.69) is 15.1 Å². The maximum atomic E-state index is 12.5. The first-order valence-corrected chi connectivity index (χ1v) is 7.81. The minimum absolute atomic E-state index is 0.493. The molecule has 120 valence electrons. The largest absolute Gasteiger partial charge is 0.416 e. The summed E-state index contributed by atoms with van der Waals surface area (Å²) < 4.78 is 39.2. The molecule has 0 N–H and O–H groups in total. The van der Waals surface area contributed by atoms with Crippen molar-refractivity contribution in [3.63, 3.8) is 0 Å². The molecule has 2 aromatic heterocycles. The second-order valence-corrected chi connectivity index (χ2v) is 6.07. The van der Waals surface area contributed by atoms with E-state index in [4.69, 9.17) is 0 Å². The zero-order valence-electron chi connectivity index (χ0n) is 12.4. The molecule has 2 heterocycles. The predicted molar refractivity (Wildman–Crippen MR) is 81.3 cm³/mol. The van der Waals surface area contributed by atoms with E-state index in [-0.39, 0.29) is 0 Å². The number of thioether (sulfide) groups is 1. The lowest BCUT2D eigenvalue weighted by molar-refractivity contribution is -0.137. The van der Waals surface area contributed by atoms with Gasteiger partial charge in [0.1, 0.15) is 0 Å². The summed E-state index contributed by atoms with van der Waals surface area (Å²) in [5, 5.41) is 4.90. The molecule has 0 amide bonds. The first kappa shape index (κ1) is 15.8. The highest BCUT2D eigenvalue weighted by molar-refractivity contribution is 7.98. The Bertz CT molecular complexity index is 840. The number of aryl methyl sites for hydroxylation is 2. The summed E-state index contributed by atoms with van der Waals surface area (Å²) in [6.07, 6.45) is -4.31. The fourth-order valence-electron chi connectivity index (χ4n) is 2.15. The van der Waals surface area contributed by atoms with Gasteiger partial charge in [0, 0.05) is 17.1 Å². The van der Waals surface area contributed by atoms with E-state index in [0.29, 0.717) is 16.7 Å². The molecule has 0 bridgehead atoms. The van der Waals surface area contributed by atoms with Crippen LogP contribution < -0.4 is 0 Å². The third-order valence-corrected chi connectivity index (χ3v) is 4.16. The van der Waals surface area contributed by atoms with Crippen LogP contribution in [-0.2, 0) is 11.9 Å². The fourth-order valence-corrected chi connectivity index (χ4v) is 2.92. The van der Waals surface area contributed by atoms with Crippen molar-refractivity contribution < 1.29 is 13.2 Å². The van der Waals surface area contributed by atoms with Crippen LogP contribution in [0.15, 0.2) is 35.5 Å². The summed E-state index contributed by atoms with van der Waals surface area (Å²) in [5.41, 5.74) is 1.93. The molecule has 3 rings (SSSR count). The van der Waals surface area contributed by atoms with Crippen LogP contribution in [0, 0.1) is 13.8 Å². The standard InChI is InChI=1S/C15H13F3N4S/c1-9-7-10(2)22-13(19-9)20-14(21-22)23-8-11-3-5-12(6-4-11)15(16,17)18/h3-7H,8H2,1-2H3. The Hall–Kier alpha value is -2.09. The Morgan fingerprint density at radius 3 is 2.43 bits per heavy atom. The number of alkyl halides is 3. The van der Waals surface area contributed by atoms with Crippen molar-refractivity contribution in [2.24, 2.45) is 0 Å². The van der Waals surface area contributed by atoms with Crippen LogP contribution >= 0.6 is 11.8 Å². The van der Waals surface area contributed by atoms with Crippen molar-refractivity contribution in [2.45, 2.75) is 30.9 Å². The highest BCUT2D eigenvalue weighted by atomic mass is 32.2. The van der Waals surface area contributed by atoms with E-state index in [1.54, 1.807) is 4.52 Å². The SMILES string of the molecule is Cc1cc(C)n2nc(SCc3ccc(C(F)(F)F)cc3)nc2n1. The molecule has 0 spiro atoms. The Morgan fingerprint density at radius 1 is 1.09 bits per heavy atom. The van der Waals surface area contributed by atoms with Crippen molar-refractivity contribution in [3.8, 4) is 0 Å². The highest BCUT2D eigenvalue weighted by Gasteiger charge is 2.29. The van der Waals surface area contributed by atoms with E-state index in [0.717, 1.165) is 29.1 Å². The highest BCUT2D eigenvalue weighted by Crippen LogP contribution is 2.30. The summed E-state index contributed by atoms with van der Waals surface area (Å²) in [7, 11) is 0. The Kier molecular flexibility index (Phi) is 4.01. The maximum absolute atomic E-state index is 12.5. The van der Waals surface area contributed by atoms with E-state index in [9.17, 15) is 13.2 Å². The zero-order valence-corrected chi connectivity index (χ0v) is 13.2. The average molecular weight is 338 g/mol. The number of aromatic nitrogens is 4. The molecular weight excluding hydrogens is 325 g/mol. The van der Waals surface area contributed by atoms with Crippen molar-refractivity contribution in [2.75, 3.05) is 0 Å². The molecule has 0 unspecified atom stereocenters. The van der Waals surface area contributed by atoms with Crippen LogP contribution in [0.5, 0.6) is 0 Å². The normalized spacial score (nSPS) is 12.0. The van der Waals surface area contributed by atoms with Crippen LogP contribution in [0.2, 0.25) is 0 Å². The Labute approximate surface area is 134 Å². The molecule has 8 heteroatoms. The molecule has 0 aliphatic carbocycles. The molecule has 1 aromatic carbocycles. The van der Waals surface area contributed by atoms with Crippen LogP contribution in [0.25, 0.3) is 5.78 Å². The Morgan fingerprint density at radius 2 is 1.78 bits per heavy atom. The number of hydrogen-bond acceptors (Lipinski definition) is 4. The molecule has 0 radical (unpaired) electrons. The molecule has 23 heavy (non-hydrogen) atoms. The molecule has 0 aliphatic rings. The Balaban J connectivity index is 1.74. The minimum atomic E-state index is -4.31. The number of fused-ring (bicyclic) bond motifs is 1. The molecule has 0 atom stereocenters. The summed E-state index contributed by atoms with van der Waals surface area (Å²) in [5.74, 6) is 1.02. The van der Waals surface area contributed by atoms with Gasteiger partial charge in [-0.3, -0.25) is 0 Å². The third kappa shape index (κ3) is 3.47. The van der Waals surface area contributed by atoms with Crippen LogP contribution in [-0.4, -0.2) is 19.6 Å². The zero-order chi connectivity index (χ0) is 16.6. The van der Waals surface area contributed by atoms with Gasteiger partial charge >= 0.3 is 6.18 Å². The number of nitrogens with zero attached hydrogens (tertiary/aromatic N) is 4. The van der Waals surface area contributed by atoms with Crippen molar-refractivity contribution in [3.05, 3.63) is 52.8 Å². The lowest BCUT2D eigenvalue weighted by Crippen LogP contribution is -2.04. The molecule has 3 aromatic rings. The summed E-state index contributed by atoms with van der Waals surface area (Å²) >= 11 is 1.36. The van der Waals surface area contributed by atoms with Gasteiger partial charge in [0.25, 0.3) is 5.78 Å². The molecule has 4 nitrogen and oxygen atoms in total. The lowest BCUT2D eigenvalue weighted by Gasteiger charge is -2.06. The maximum Gasteiger partial charge on any atom is 0.416 e. The molecule has 0 saturated heterocycles. The van der Waals surface area contributed by atoms with Crippen LogP contribution in [0.4, 0.5) is 13.2 Å². The molecule has 0 saturated carbocycles. The number of benzene rings is 1. The average Bonchev–Trinajstić information content (AvgIpc) is 2.88. The van der Waals surface area contributed by atoms with E-state index in [1.165, 1.54) is 23.9 Å². The van der Waals surface area contributed by atoms with Gasteiger partial charge in [-0.2, -0.15) is 18.2 Å². The van der Waals surface area contributed by atoms with Gasteiger partial charge in [-0.15, -0.1) is 5.10 Å². The lowest BCUT2D eigenvalue weighted by atomic mass is 10.1. The summed E-state index contributed by atoms with van der Waals surface area (Å²) in [6.45, 7) is 3.80. The van der Waals surface area contributed by atoms with Crippen molar-refractivity contribution in [1.82, 2.24) is 19.6 Å². The molecule has 0 aliphatic heterocycles. The quantitative estimate of drug-likeness (QED) is 0.676. The number of halogens is 3. The van der Waals surface area contributed by atoms with Gasteiger partial charge in [-0.1, -0.05) is 23.9 Å². The second kappa shape index (κ2) is 5.84. The van der Waals surface area contributed by atoms with E-state index < -0.39 is 11.7 Å². The predicted octanol–water partition coefficient (Wildman–Crippen LogP) is 4.05. The van der Waals surface area contributed by atoms with Gasteiger partial charge in [0.2, 0.25) is 5.16 Å². The van der Waals surface area contributed by atoms with Gasteiger partial charge < -0.3 is 0 Å². The van der Waals surface area contributed by atoms with Gasteiger partial charge in [-0.25, -0.2) is 9.50 Å². The monoisotopic (exact) mass is 338 g/mol. The number of hydrogen-bond donors (Lipinski definition) is 0. The van der Waals surface area contributed by atoms with Crippen LogP contribution in [0.3, 0.4) is 0 Å². The first-order valence-electron chi connectivity index (χ1n) is 6.83. The van der Waals surface area contributed by atoms with Crippen molar-refractivity contribution in [1.29, 1.82) is 0 Å². The number of rotatable bonds is 3. The third-order valence-electron chi connectivity index (χ3n) is 3.25. The van der Waals surface area contributed by atoms with E-state index >= 15 is 0 Å².